The molecule has 3 aromatic carbocycles. The minimum Gasteiger partial charge on any atom is -0.355 e. The zero-order valence-corrected chi connectivity index (χ0v) is 12.5. The van der Waals surface area contributed by atoms with Crippen LogP contribution in [0.15, 0.2) is 59.1 Å². The maximum absolute atomic E-state index is 13.6. The first kappa shape index (κ1) is 13.6. The lowest BCUT2D eigenvalue weighted by molar-refractivity contribution is 0.624. The van der Waals surface area contributed by atoms with E-state index in [2.05, 4.69) is 21.2 Å². The number of rotatable bonds is 2. The van der Waals surface area contributed by atoms with Crippen molar-refractivity contribution in [1.29, 1.82) is 5.26 Å². The third-order valence-electron chi connectivity index (χ3n) is 3.18. The molecule has 0 heterocycles. The molecule has 2 nitrogen and oxygen atoms in total. The lowest BCUT2D eigenvalue weighted by atomic mass is 10.1. The first-order valence-electron chi connectivity index (χ1n) is 6.32. The number of hydrogen-bond acceptors (Lipinski definition) is 2. The number of nitrogens with one attached hydrogen (secondary N) is 1. The number of hydrogen-bond donors (Lipinski definition) is 1. The Labute approximate surface area is 130 Å². The Bertz CT molecular complexity index is 868. The predicted molar refractivity (Wildman–Crippen MR) is 86.0 cm³/mol. The van der Waals surface area contributed by atoms with Crippen molar-refractivity contribution in [2.24, 2.45) is 0 Å². The molecule has 0 atom stereocenters. The van der Waals surface area contributed by atoms with Crippen LogP contribution in [0.4, 0.5) is 15.8 Å². The molecule has 0 aliphatic carbocycles. The van der Waals surface area contributed by atoms with Crippen LogP contribution in [-0.4, -0.2) is 0 Å². The van der Waals surface area contributed by atoms with Gasteiger partial charge in [-0.1, -0.05) is 28.1 Å². The summed E-state index contributed by atoms with van der Waals surface area (Å²) < 4.78 is 14.6. The number of anilines is 2. The van der Waals surface area contributed by atoms with Crippen LogP contribution in [0.2, 0.25) is 0 Å². The van der Waals surface area contributed by atoms with Gasteiger partial charge in [-0.15, -0.1) is 0 Å². The van der Waals surface area contributed by atoms with Crippen LogP contribution in [0.3, 0.4) is 0 Å². The largest absolute Gasteiger partial charge is 0.355 e. The molecule has 0 radical (unpaired) electrons. The molecule has 0 aliphatic rings. The Morgan fingerprint density at radius 3 is 2.33 bits per heavy atom. The average molecular weight is 341 g/mol. The Morgan fingerprint density at radius 2 is 1.57 bits per heavy atom. The number of nitriles is 1. The fraction of sp³-hybridized carbons (Fsp3) is 0. The molecule has 21 heavy (non-hydrogen) atoms. The van der Waals surface area contributed by atoms with Gasteiger partial charge in [0.1, 0.15) is 11.9 Å². The van der Waals surface area contributed by atoms with Crippen LogP contribution in [0.1, 0.15) is 5.56 Å². The van der Waals surface area contributed by atoms with Gasteiger partial charge in [-0.05, 0) is 53.2 Å². The van der Waals surface area contributed by atoms with Gasteiger partial charge in [-0.3, -0.25) is 0 Å². The highest BCUT2D eigenvalue weighted by atomic mass is 79.9. The van der Waals surface area contributed by atoms with Crippen molar-refractivity contribution in [3.8, 4) is 6.07 Å². The quantitative estimate of drug-likeness (QED) is 0.681. The van der Waals surface area contributed by atoms with E-state index in [0.29, 0.717) is 5.69 Å². The molecule has 0 saturated carbocycles. The standard InChI is InChI=1S/C17H10BrFN2/c18-14-4-1-12-8-15(5-2-11(12)7-14)21-16-6-3-13(10-20)17(19)9-16/h1-9,21H. The lowest BCUT2D eigenvalue weighted by Gasteiger charge is -2.08. The molecule has 1 N–H and O–H groups in total. The van der Waals surface area contributed by atoms with Crippen molar-refractivity contribution in [3.63, 3.8) is 0 Å². The summed E-state index contributed by atoms with van der Waals surface area (Å²) >= 11 is 3.44. The van der Waals surface area contributed by atoms with Gasteiger partial charge >= 0.3 is 0 Å². The minimum absolute atomic E-state index is 0.0453. The lowest BCUT2D eigenvalue weighted by Crippen LogP contribution is -1.92. The molecule has 3 aromatic rings. The summed E-state index contributed by atoms with van der Waals surface area (Å²) in [6, 6.07) is 18.3. The van der Waals surface area contributed by atoms with E-state index in [-0.39, 0.29) is 5.56 Å². The Balaban J connectivity index is 1.93. The maximum Gasteiger partial charge on any atom is 0.143 e. The summed E-state index contributed by atoms with van der Waals surface area (Å²) in [6.07, 6.45) is 0. The topological polar surface area (TPSA) is 35.8 Å². The highest BCUT2D eigenvalue weighted by Gasteiger charge is 2.03. The first-order valence-corrected chi connectivity index (χ1v) is 7.11. The van der Waals surface area contributed by atoms with Crippen LogP contribution in [0.5, 0.6) is 0 Å². The molecule has 0 unspecified atom stereocenters. The molecule has 0 spiro atoms. The van der Waals surface area contributed by atoms with Gasteiger partial charge in [0.25, 0.3) is 0 Å². The smallest absolute Gasteiger partial charge is 0.143 e. The van der Waals surface area contributed by atoms with E-state index in [0.717, 1.165) is 20.9 Å². The van der Waals surface area contributed by atoms with Crippen molar-refractivity contribution in [2.45, 2.75) is 0 Å². The number of halogens is 2. The second-order valence-electron chi connectivity index (χ2n) is 4.64. The van der Waals surface area contributed by atoms with E-state index < -0.39 is 5.82 Å². The molecule has 0 aromatic heterocycles. The van der Waals surface area contributed by atoms with Gasteiger partial charge in [0.15, 0.2) is 0 Å². The number of nitrogens with zero attached hydrogens (tertiary/aromatic N) is 1. The van der Waals surface area contributed by atoms with Crippen LogP contribution in [-0.2, 0) is 0 Å². The van der Waals surface area contributed by atoms with Crippen LogP contribution in [0.25, 0.3) is 10.8 Å². The summed E-state index contributed by atoms with van der Waals surface area (Å²) in [4.78, 5) is 0. The van der Waals surface area contributed by atoms with Crippen molar-refractivity contribution >= 4 is 38.1 Å². The zero-order chi connectivity index (χ0) is 14.8. The molecule has 0 aliphatic heterocycles. The molecular formula is C17H10BrFN2. The fourth-order valence-electron chi connectivity index (χ4n) is 2.14. The third-order valence-corrected chi connectivity index (χ3v) is 3.67. The van der Waals surface area contributed by atoms with E-state index in [1.54, 1.807) is 6.07 Å². The number of benzene rings is 3. The minimum atomic E-state index is -0.521. The molecule has 3 rings (SSSR count). The summed E-state index contributed by atoms with van der Waals surface area (Å²) in [5.74, 6) is -0.521. The highest BCUT2D eigenvalue weighted by molar-refractivity contribution is 9.10. The summed E-state index contributed by atoms with van der Waals surface area (Å²) in [7, 11) is 0. The first-order chi connectivity index (χ1) is 10.2. The van der Waals surface area contributed by atoms with Crippen molar-refractivity contribution in [3.05, 3.63) is 70.5 Å². The van der Waals surface area contributed by atoms with Gasteiger partial charge < -0.3 is 5.32 Å². The van der Waals surface area contributed by atoms with Crippen molar-refractivity contribution < 1.29 is 4.39 Å². The average Bonchev–Trinajstić information content (AvgIpc) is 2.48. The zero-order valence-electron chi connectivity index (χ0n) is 10.9. The van der Waals surface area contributed by atoms with Gasteiger partial charge in [0, 0.05) is 15.8 Å². The van der Waals surface area contributed by atoms with Gasteiger partial charge in [-0.2, -0.15) is 5.26 Å². The van der Waals surface area contributed by atoms with Crippen LogP contribution >= 0.6 is 15.9 Å². The Kier molecular flexibility index (Phi) is 3.59. The van der Waals surface area contributed by atoms with Gasteiger partial charge in [0.2, 0.25) is 0 Å². The molecule has 0 amide bonds. The molecular weight excluding hydrogens is 331 g/mol. The summed E-state index contributed by atoms with van der Waals surface area (Å²) in [5, 5.41) is 14.1. The van der Waals surface area contributed by atoms with E-state index in [4.69, 9.17) is 5.26 Å². The maximum atomic E-state index is 13.6. The second-order valence-corrected chi connectivity index (χ2v) is 5.55. The van der Waals surface area contributed by atoms with Gasteiger partial charge in [-0.25, -0.2) is 4.39 Å². The van der Waals surface area contributed by atoms with E-state index in [1.165, 1.54) is 12.1 Å². The Hall–Kier alpha value is -2.38. The SMILES string of the molecule is N#Cc1ccc(Nc2ccc3cc(Br)ccc3c2)cc1F. The van der Waals surface area contributed by atoms with E-state index in [1.807, 2.05) is 42.5 Å². The molecule has 4 heteroatoms. The molecule has 0 saturated heterocycles. The monoisotopic (exact) mass is 340 g/mol. The number of fused-ring (bicyclic) bond motifs is 1. The predicted octanol–water partition coefficient (Wildman–Crippen LogP) is 5.36. The second kappa shape index (κ2) is 5.55. The van der Waals surface area contributed by atoms with Gasteiger partial charge in [0.05, 0.1) is 5.56 Å². The van der Waals surface area contributed by atoms with Crippen molar-refractivity contribution in [2.75, 3.05) is 5.32 Å². The third kappa shape index (κ3) is 2.88. The normalized spacial score (nSPS) is 10.3. The molecule has 0 fully saturated rings. The van der Waals surface area contributed by atoms with E-state index in [9.17, 15) is 4.39 Å². The Morgan fingerprint density at radius 1 is 0.905 bits per heavy atom. The summed E-state index contributed by atoms with van der Waals surface area (Å²) in [6.45, 7) is 0. The van der Waals surface area contributed by atoms with Crippen LogP contribution in [0, 0.1) is 17.1 Å². The fourth-order valence-corrected chi connectivity index (χ4v) is 2.52. The van der Waals surface area contributed by atoms with Crippen molar-refractivity contribution in [1.82, 2.24) is 0 Å². The molecule has 102 valence electrons. The van der Waals surface area contributed by atoms with Crippen LogP contribution < -0.4 is 5.32 Å². The van der Waals surface area contributed by atoms with E-state index >= 15 is 0 Å². The molecule has 0 bridgehead atoms. The highest BCUT2D eigenvalue weighted by Crippen LogP contribution is 2.25. The summed E-state index contributed by atoms with van der Waals surface area (Å²) in [5.41, 5.74) is 1.53.